The SMILES string of the molecule is CCCCCCCCCOC(C)c1ccccc1. The van der Waals surface area contributed by atoms with E-state index in [-0.39, 0.29) is 6.10 Å². The molecule has 1 heteroatoms. The summed E-state index contributed by atoms with van der Waals surface area (Å²) in [4.78, 5) is 0. The van der Waals surface area contributed by atoms with Crippen LogP contribution in [0.1, 0.15) is 70.5 Å². The van der Waals surface area contributed by atoms with Gasteiger partial charge in [0.25, 0.3) is 0 Å². The van der Waals surface area contributed by atoms with Gasteiger partial charge in [0.2, 0.25) is 0 Å². The van der Waals surface area contributed by atoms with E-state index in [1.165, 1.54) is 50.5 Å². The van der Waals surface area contributed by atoms with Gasteiger partial charge in [-0.25, -0.2) is 0 Å². The molecule has 0 aliphatic heterocycles. The van der Waals surface area contributed by atoms with Gasteiger partial charge in [-0.2, -0.15) is 0 Å². The molecule has 0 radical (unpaired) electrons. The summed E-state index contributed by atoms with van der Waals surface area (Å²) in [5.41, 5.74) is 1.28. The minimum absolute atomic E-state index is 0.228. The molecule has 1 nitrogen and oxygen atoms in total. The highest BCUT2D eigenvalue weighted by Gasteiger charge is 2.03. The largest absolute Gasteiger partial charge is 0.374 e. The van der Waals surface area contributed by atoms with Gasteiger partial charge in [0.15, 0.2) is 0 Å². The Hall–Kier alpha value is -0.820. The summed E-state index contributed by atoms with van der Waals surface area (Å²) in [6.07, 6.45) is 9.61. The molecular weight excluding hydrogens is 220 g/mol. The highest BCUT2D eigenvalue weighted by Crippen LogP contribution is 2.16. The minimum Gasteiger partial charge on any atom is -0.374 e. The normalized spacial score (nSPS) is 12.6. The molecule has 0 aliphatic rings. The van der Waals surface area contributed by atoms with Gasteiger partial charge in [-0.15, -0.1) is 0 Å². The fraction of sp³-hybridized carbons (Fsp3) is 0.647. The Balaban J connectivity index is 1.98. The molecule has 18 heavy (non-hydrogen) atoms. The monoisotopic (exact) mass is 248 g/mol. The first-order valence-corrected chi connectivity index (χ1v) is 7.51. The van der Waals surface area contributed by atoms with Crippen LogP contribution in [0.25, 0.3) is 0 Å². The Morgan fingerprint density at radius 1 is 0.889 bits per heavy atom. The zero-order chi connectivity index (χ0) is 13.1. The fourth-order valence-corrected chi connectivity index (χ4v) is 2.14. The lowest BCUT2D eigenvalue weighted by atomic mass is 10.1. The molecule has 0 aromatic heterocycles. The van der Waals surface area contributed by atoms with Gasteiger partial charge in [-0.3, -0.25) is 0 Å². The van der Waals surface area contributed by atoms with Crippen molar-refractivity contribution in [3.05, 3.63) is 35.9 Å². The van der Waals surface area contributed by atoms with Gasteiger partial charge in [0, 0.05) is 6.61 Å². The van der Waals surface area contributed by atoms with E-state index in [0.29, 0.717) is 0 Å². The second kappa shape index (κ2) is 10.1. The van der Waals surface area contributed by atoms with Gasteiger partial charge >= 0.3 is 0 Å². The van der Waals surface area contributed by atoms with Gasteiger partial charge in [-0.05, 0) is 18.9 Å². The van der Waals surface area contributed by atoms with E-state index >= 15 is 0 Å². The zero-order valence-electron chi connectivity index (χ0n) is 12.0. The Morgan fingerprint density at radius 2 is 1.50 bits per heavy atom. The first-order valence-electron chi connectivity index (χ1n) is 7.51. The van der Waals surface area contributed by atoms with Crippen molar-refractivity contribution in [1.29, 1.82) is 0 Å². The second-order valence-electron chi connectivity index (χ2n) is 5.05. The number of hydrogen-bond donors (Lipinski definition) is 0. The lowest BCUT2D eigenvalue weighted by Crippen LogP contribution is -2.01. The highest BCUT2D eigenvalue weighted by atomic mass is 16.5. The van der Waals surface area contributed by atoms with Crippen LogP contribution in [0.2, 0.25) is 0 Å². The van der Waals surface area contributed by atoms with Gasteiger partial charge in [0.1, 0.15) is 0 Å². The summed E-state index contributed by atoms with van der Waals surface area (Å²) in [6, 6.07) is 10.5. The van der Waals surface area contributed by atoms with Crippen molar-refractivity contribution in [1.82, 2.24) is 0 Å². The molecule has 0 amide bonds. The molecular formula is C17H28O. The van der Waals surface area contributed by atoms with Crippen LogP contribution < -0.4 is 0 Å². The number of hydrogen-bond acceptors (Lipinski definition) is 1. The molecule has 0 saturated carbocycles. The summed E-state index contributed by atoms with van der Waals surface area (Å²) in [5, 5.41) is 0. The lowest BCUT2D eigenvalue weighted by Gasteiger charge is -2.13. The topological polar surface area (TPSA) is 9.23 Å². The number of unbranched alkanes of at least 4 members (excludes halogenated alkanes) is 6. The summed E-state index contributed by atoms with van der Waals surface area (Å²) in [6.45, 7) is 5.29. The van der Waals surface area contributed by atoms with Crippen LogP contribution in [0.3, 0.4) is 0 Å². The third-order valence-corrected chi connectivity index (χ3v) is 3.38. The Kier molecular flexibility index (Phi) is 8.58. The molecule has 0 N–H and O–H groups in total. The van der Waals surface area contributed by atoms with E-state index < -0.39 is 0 Å². The van der Waals surface area contributed by atoms with E-state index in [0.717, 1.165) is 6.61 Å². The molecule has 0 spiro atoms. The van der Waals surface area contributed by atoms with Crippen LogP contribution in [-0.2, 0) is 4.74 Å². The van der Waals surface area contributed by atoms with Gasteiger partial charge in [0.05, 0.1) is 6.10 Å². The quantitative estimate of drug-likeness (QED) is 0.496. The first-order chi connectivity index (χ1) is 8.84. The van der Waals surface area contributed by atoms with Crippen molar-refractivity contribution >= 4 is 0 Å². The molecule has 1 aromatic rings. The van der Waals surface area contributed by atoms with Gasteiger partial charge in [-0.1, -0.05) is 75.8 Å². The zero-order valence-corrected chi connectivity index (χ0v) is 12.0. The summed E-state index contributed by atoms with van der Waals surface area (Å²) >= 11 is 0. The van der Waals surface area contributed by atoms with E-state index in [4.69, 9.17) is 4.74 Å². The molecule has 1 aromatic carbocycles. The predicted molar refractivity (Wildman–Crippen MR) is 78.8 cm³/mol. The average Bonchev–Trinajstić information content (AvgIpc) is 2.42. The van der Waals surface area contributed by atoms with Crippen LogP contribution in [0.15, 0.2) is 30.3 Å². The van der Waals surface area contributed by atoms with E-state index in [1.54, 1.807) is 0 Å². The molecule has 102 valence electrons. The molecule has 1 unspecified atom stereocenters. The molecule has 0 aliphatic carbocycles. The molecule has 0 bridgehead atoms. The van der Waals surface area contributed by atoms with Crippen molar-refractivity contribution in [3.63, 3.8) is 0 Å². The third-order valence-electron chi connectivity index (χ3n) is 3.38. The van der Waals surface area contributed by atoms with E-state index in [1.807, 2.05) is 6.07 Å². The van der Waals surface area contributed by atoms with Crippen LogP contribution in [-0.4, -0.2) is 6.61 Å². The number of ether oxygens (including phenoxy) is 1. The maximum atomic E-state index is 5.86. The predicted octanol–water partition coefficient (Wildman–Crippen LogP) is 5.51. The Bertz CT molecular complexity index is 281. The van der Waals surface area contributed by atoms with Crippen molar-refractivity contribution in [2.24, 2.45) is 0 Å². The minimum atomic E-state index is 0.228. The third kappa shape index (κ3) is 6.80. The van der Waals surface area contributed by atoms with Crippen molar-refractivity contribution < 1.29 is 4.74 Å². The second-order valence-corrected chi connectivity index (χ2v) is 5.05. The van der Waals surface area contributed by atoms with Crippen LogP contribution in [0, 0.1) is 0 Å². The maximum Gasteiger partial charge on any atom is 0.0796 e. The summed E-state index contributed by atoms with van der Waals surface area (Å²) in [5.74, 6) is 0. The maximum absolute atomic E-state index is 5.86. The van der Waals surface area contributed by atoms with Crippen LogP contribution >= 0.6 is 0 Å². The smallest absolute Gasteiger partial charge is 0.0796 e. The molecule has 0 fully saturated rings. The number of benzene rings is 1. The standard InChI is InChI=1S/C17H28O/c1-3-4-5-6-7-8-12-15-18-16(2)17-13-10-9-11-14-17/h9-11,13-14,16H,3-8,12,15H2,1-2H3. The molecule has 1 atom stereocenters. The van der Waals surface area contributed by atoms with Crippen LogP contribution in [0.5, 0.6) is 0 Å². The fourth-order valence-electron chi connectivity index (χ4n) is 2.14. The summed E-state index contributed by atoms with van der Waals surface area (Å²) < 4.78 is 5.86. The molecule has 0 saturated heterocycles. The van der Waals surface area contributed by atoms with Crippen molar-refractivity contribution in [2.75, 3.05) is 6.61 Å². The number of rotatable bonds is 10. The van der Waals surface area contributed by atoms with Crippen molar-refractivity contribution in [3.8, 4) is 0 Å². The van der Waals surface area contributed by atoms with Crippen molar-refractivity contribution in [2.45, 2.75) is 64.9 Å². The first kappa shape index (κ1) is 15.2. The lowest BCUT2D eigenvalue weighted by molar-refractivity contribution is 0.0627. The van der Waals surface area contributed by atoms with E-state index in [9.17, 15) is 0 Å². The highest BCUT2D eigenvalue weighted by molar-refractivity contribution is 5.16. The Labute approximate surface area is 113 Å². The Morgan fingerprint density at radius 3 is 2.17 bits per heavy atom. The average molecular weight is 248 g/mol. The van der Waals surface area contributed by atoms with E-state index in [2.05, 4.69) is 38.1 Å². The van der Waals surface area contributed by atoms with Crippen LogP contribution in [0.4, 0.5) is 0 Å². The van der Waals surface area contributed by atoms with Gasteiger partial charge < -0.3 is 4.74 Å². The molecule has 1 rings (SSSR count). The summed E-state index contributed by atoms with van der Waals surface area (Å²) in [7, 11) is 0. The molecule has 0 heterocycles.